The van der Waals surface area contributed by atoms with Gasteiger partial charge in [-0.25, -0.2) is 0 Å². The Morgan fingerprint density at radius 1 is 1.56 bits per heavy atom. The number of rotatable bonds is 5. The molecule has 102 valence electrons. The van der Waals surface area contributed by atoms with Crippen LogP contribution < -0.4 is 5.32 Å². The van der Waals surface area contributed by atoms with E-state index < -0.39 is 0 Å². The van der Waals surface area contributed by atoms with Gasteiger partial charge in [0.05, 0.1) is 12.8 Å². The number of hydrogen-bond donors (Lipinski definition) is 1. The van der Waals surface area contributed by atoms with Crippen molar-refractivity contribution in [2.45, 2.75) is 38.1 Å². The zero-order valence-corrected chi connectivity index (χ0v) is 12.4. The van der Waals surface area contributed by atoms with Crippen LogP contribution in [0.2, 0.25) is 0 Å². The maximum atomic E-state index is 5.31. The summed E-state index contributed by atoms with van der Waals surface area (Å²) < 4.78 is 5.71. The van der Waals surface area contributed by atoms with Crippen LogP contribution in [0.25, 0.3) is 0 Å². The SMILES string of the molecule is CC(CNCc1ccco1)N1CCSC(C)(C)C1. The number of hydrogen-bond acceptors (Lipinski definition) is 4. The van der Waals surface area contributed by atoms with Crippen molar-refractivity contribution in [1.29, 1.82) is 0 Å². The predicted molar refractivity (Wildman–Crippen MR) is 78.0 cm³/mol. The van der Waals surface area contributed by atoms with Crippen LogP contribution in [0.15, 0.2) is 22.8 Å². The van der Waals surface area contributed by atoms with Crippen molar-refractivity contribution in [3.8, 4) is 0 Å². The summed E-state index contributed by atoms with van der Waals surface area (Å²) in [6.07, 6.45) is 1.73. The number of furan rings is 1. The standard InChI is InChI=1S/C14H24N2OS/c1-12(9-15-10-13-5-4-7-17-13)16-6-8-18-14(2,3)11-16/h4-5,7,12,15H,6,8-11H2,1-3H3. The lowest BCUT2D eigenvalue weighted by molar-refractivity contribution is 0.194. The summed E-state index contributed by atoms with van der Waals surface area (Å²) in [5.41, 5.74) is 0. The third-order valence-electron chi connectivity index (χ3n) is 3.40. The molecule has 0 spiro atoms. The molecule has 18 heavy (non-hydrogen) atoms. The minimum absolute atomic E-state index is 0.396. The quantitative estimate of drug-likeness (QED) is 0.888. The highest BCUT2D eigenvalue weighted by atomic mass is 32.2. The van der Waals surface area contributed by atoms with Gasteiger partial charge in [0.1, 0.15) is 5.76 Å². The van der Waals surface area contributed by atoms with E-state index in [1.165, 1.54) is 18.8 Å². The number of nitrogens with zero attached hydrogens (tertiary/aromatic N) is 1. The molecule has 1 saturated heterocycles. The Labute approximate surface area is 114 Å². The first-order chi connectivity index (χ1) is 8.57. The Morgan fingerprint density at radius 3 is 3.06 bits per heavy atom. The second kappa shape index (κ2) is 6.13. The van der Waals surface area contributed by atoms with Crippen LogP contribution in [-0.2, 0) is 6.54 Å². The van der Waals surface area contributed by atoms with E-state index in [2.05, 4.69) is 42.7 Å². The van der Waals surface area contributed by atoms with Gasteiger partial charge in [0.15, 0.2) is 0 Å². The largest absolute Gasteiger partial charge is 0.468 e. The van der Waals surface area contributed by atoms with Crippen molar-refractivity contribution in [3.05, 3.63) is 24.2 Å². The first-order valence-electron chi connectivity index (χ1n) is 6.68. The Balaban J connectivity index is 1.72. The predicted octanol–water partition coefficient (Wildman–Crippen LogP) is 2.59. The molecule has 1 fully saturated rings. The molecule has 1 unspecified atom stereocenters. The second-order valence-electron chi connectivity index (χ2n) is 5.64. The molecule has 3 nitrogen and oxygen atoms in total. The molecule has 1 atom stereocenters. The van der Waals surface area contributed by atoms with Gasteiger partial charge in [-0.1, -0.05) is 0 Å². The fraction of sp³-hybridized carbons (Fsp3) is 0.714. The van der Waals surface area contributed by atoms with E-state index in [0.29, 0.717) is 10.8 Å². The Hall–Kier alpha value is -0.450. The van der Waals surface area contributed by atoms with Crippen LogP contribution in [0.1, 0.15) is 26.5 Å². The van der Waals surface area contributed by atoms with E-state index in [1.54, 1.807) is 6.26 Å². The molecule has 0 bridgehead atoms. The minimum Gasteiger partial charge on any atom is -0.468 e. The minimum atomic E-state index is 0.396. The lowest BCUT2D eigenvalue weighted by Gasteiger charge is -2.40. The molecule has 1 aliphatic heterocycles. The lowest BCUT2D eigenvalue weighted by Crippen LogP contribution is -2.50. The molecule has 2 heterocycles. The summed E-state index contributed by atoms with van der Waals surface area (Å²) in [6, 6.07) is 4.53. The van der Waals surface area contributed by atoms with Crippen molar-refractivity contribution in [1.82, 2.24) is 10.2 Å². The maximum absolute atomic E-state index is 5.31. The Kier molecular flexibility index (Phi) is 4.76. The summed E-state index contributed by atoms with van der Waals surface area (Å²) in [4.78, 5) is 2.59. The maximum Gasteiger partial charge on any atom is 0.117 e. The average molecular weight is 268 g/mol. The van der Waals surface area contributed by atoms with Crippen LogP contribution in [0.4, 0.5) is 0 Å². The molecule has 2 rings (SSSR count). The molecule has 0 amide bonds. The summed E-state index contributed by atoms with van der Waals surface area (Å²) in [5, 5.41) is 3.47. The van der Waals surface area contributed by atoms with Crippen molar-refractivity contribution in [2.24, 2.45) is 0 Å². The van der Waals surface area contributed by atoms with Crippen LogP contribution >= 0.6 is 11.8 Å². The molecule has 1 N–H and O–H groups in total. The molecule has 0 aromatic carbocycles. The van der Waals surface area contributed by atoms with E-state index in [1.807, 2.05) is 12.1 Å². The van der Waals surface area contributed by atoms with Crippen LogP contribution in [0, 0.1) is 0 Å². The lowest BCUT2D eigenvalue weighted by atomic mass is 10.1. The van der Waals surface area contributed by atoms with Gasteiger partial charge in [0.2, 0.25) is 0 Å². The zero-order chi connectivity index (χ0) is 13.0. The van der Waals surface area contributed by atoms with Gasteiger partial charge < -0.3 is 9.73 Å². The third-order valence-corrected chi connectivity index (χ3v) is 4.69. The monoisotopic (exact) mass is 268 g/mol. The van der Waals surface area contributed by atoms with E-state index in [4.69, 9.17) is 4.42 Å². The van der Waals surface area contributed by atoms with Crippen LogP contribution in [0.3, 0.4) is 0 Å². The average Bonchev–Trinajstić information content (AvgIpc) is 2.80. The number of thioether (sulfide) groups is 1. The zero-order valence-electron chi connectivity index (χ0n) is 11.6. The van der Waals surface area contributed by atoms with Gasteiger partial charge in [-0.2, -0.15) is 11.8 Å². The smallest absolute Gasteiger partial charge is 0.117 e. The molecule has 1 aliphatic rings. The number of nitrogens with one attached hydrogen (secondary N) is 1. The molecular weight excluding hydrogens is 244 g/mol. The molecule has 0 aliphatic carbocycles. The first kappa shape index (κ1) is 14.0. The van der Waals surface area contributed by atoms with Gasteiger partial charge in [-0.05, 0) is 32.9 Å². The highest BCUT2D eigenvalue weighted by molar-refractivity contribution is 8.00. The first-order valence-corrected chi connectivity index (χ1v) is 7.66. The van der Waals surface area contributed by atoms with E-state index in [0.717, 1.165) is 18.8 Å². The van der Waals surface area contributed by atoms with Crippen molar-refractivity contribution < 1.29 is 4.42 Å². The summed E-state index contributed by atoms with van der Waals surface area (Å²) in [7, 11) is 0. The summed E-state index contributed by atoms with van der Waals surface area (Å²) in [5.74, 6) is 2.26. The van der Waals surface area contributed by atoms with Crippen molar-refractivity contribution in [2.75, 3.05) is 25.4 Å². The summed E-state index contributed by atoms with van der Waals surface area (Å²) >= 11 is 2.09. The fourth-order valence-electron chi connectivity index (χ4n) is 2.38. The van der Waals surface area contributed by atoms with Crippen LogP contribution in [0.5, 0.6) is 0 Å². The summed E-state index contributed by atoms with van der Waals surface area (Å²) in [6.45, 7) is 11.2. The van der Waals surface area contributed by atoms with Crippen molar-refractivity contribution >= 4 is 11.8 Å². The topological polar surface area (TPSA) is 28.4 Å². The Morgan fingerprint density at radius 2 is 2.39 bits per heavy atom. The van der Waals surface area contributed by atoms with E-state index in [9.17, 15) is 0 Å². The van der Waals surface area contributed by atoms with Gasteiger partial charge in [0.25, 0.3) is 0 Å². The molecule has 1 aromatic rings. The molecule has 0 saturated carbocycles. The Bertz CT molecular complexity index is 351. The molecule has 0 radical (unpaired) electrons. The molecule has 4 heteroatoms. The highest BCUT2D eigenvalue weighted by Gasteiger charge is 2.29. The van der Waals surface area contributed by atoms with E-state index >= 15 is 0 Å². The second-order valence-corrected chi connectivity index (χ2v) is 7.44. The van der Waals surface area contributed by atoms with E-state index in [-0.39, 0.29) is 0 Å². The third kappa shape index (κ3) is 4.04. The van der Waals surface area contributed by atoms with Crippen molar-refractivity contribution in [3.63, 3.8) is 0 Å². The van der Waals surface area contributed by atoms with Gasteiger partial charge in [0, 0.05) is 36.2 Å². The fourth-order valence-corrected chi connectivity index (χ4v) is 3.51. The van der Waals surface area contributed by atoms with Gasteiger partial charge >= 0.3 is 0 Å². The molecule has 1 aromatic heterocycles. The van der Waals surface area contributed by atoms with Gasteiger partial charge in [-0.3, -0.25) is 4.90 Å². The normalized spacial score (nSPS) is 21.9. The van der Waals surface area contributed by atoms with Crippen LogP contribution in [-0.4, -0.2) is 41.1 Å². The molecular formula is C14H24N2OS. The van der Waals surface area contributed by atoms with Gasteiger partial charge in [-0.15, -0.1) is 0 Å². The highest BCUT2D eigenvalue weighted by Crippen LogP contribution is 2.30.